The van der Waals surface area contributed by atoms with E-state index in [0.717, 1.165) is 6.34 Å². The van der Waals surface area contributed by atoms with E-state index in [2.05, 4.69) is 20.4 Å². The summed E-state index contributed by atoms with van der Waals surface area (Å²) in [5, 5.41) is 11.0. The van der Waals surface area contributed by atoms with Gasteiger partial charge in [0.15, 0.2) is 0 Å². The van der Waals surface area contributed by atoms with Gasteiger partial charge >= 0.3 is 0 Å². The summed E-state index contributed by atoms with van der Waals surface area (Å²) in [5.41, 5.74) is -1.21. The van der Waals surface area contributed by atoms with E-state index in [9.17, 15) is 8.42 Å². The highest BCUT2D eigenvalue weighted by atomic mass is 32.2. The van der Waals surface area contributed by atoms with E-state index in [4.69, 9.17) is 0 Å². The van der Waals surface area contributed by atoms with Gasteiger partial charge in [0.2, 0.25) is 0 Å². The predicted molar refractivity (Wildman–Crippen MR) is 30.2 cm³/mol. The van der Waals surface area contributed by atoms with Crippen LogP contribution in [0.1, 0.15) is 0 Å². The summed E-state index contributed by atoms with van der Waals surface area (Å²) in [6.07, 6.45) is 1.05. The second-order valence-electron chi connectivity index (χ2n) is 1.41. The predicted octanol–water partition coefficient (Wildman–Crippen LogP) is -0.947. The number of nitrogens with two attached hydrogens (primary N) is 1. The molecule has 0 aromatic carbocycles. The van der Waals surface area contributed by atoms with Gasteiger partial charge in [-0.15, -0.1) is 10.2 Å². The topological polar surface area (TPSA) is 97.2 Å². The van der Waals surface area contributed by atoms with E-state index >= 15 is 0 Å². The third-order valence-corrected chi connectivity index (χ3v) is 1.51. The Morgan fingerprint density at radius 1 is 1.56 bits per heavy atom. The third-order valence-electron chi connectivity index (χ3n) is 0.705. The number of hydrogen-bond donors (Lipinski definition) is 1. The summed E-state index contributed by atoms with van der Waals surface area (Å²) in [4.78, 5) is 3.34. The molecule has 1 rings (SSSR count). The van der Waals surface area contributed by atoms with Crippen molar-refractivity contribution in [2.45, 2.75) is 5.50 Å². The van der Waals surface area contributed by atoms with Crippen LogP contribution in [-0.2, 0) is 10.0 Å². The van der Waals surface area contributed by atoms with Crippen molar-refractivity contribution in [3.8, 4) is 0 Å². The Labute approximate surface area is 51.5 Å². The zero-order chi connectivity index (χ0) is 6.91. The van der Waals surface area contributed by atoms with Crippen molar-refractivity contribution in [2.24, 2.45) is 20.4 Å². The molecule has 1 aliphatic heterocycles. The van der Waals surface area contributed by atoms with E-state index < -0.39 is 15.5 Å². The first kappa shape index (κ1) is 6.30. The molecule has 0 saturated heterocycles. The van der Waals surface area contributed by atoms with Gasteiger partial charge in [-0.25, -0.2) is 18.5 Å². The lowest BCUT2D eigenvalue weighted by molar-refractivity contribution is 0.585. The Morgan fingerprint density at radius 3 is 2.44 bits per heavy atom. The number of aliphatic imine (C=N–C) groups is 1. The minimum Gasteiger partial charge on any atom is -0.227 e. The van der Waals surface area contributed by atoms with Gasteiger partial charge in [-0.1, -0.05) is 0 Å². The van der Waals surface area contributed by atoms with Crippen molar-refractivity contribution in [3.63, 3.8) is 0 Å². The molecule has 0 fully saturated rings. The monoisotopic (exact) mass is 148 g/mol. The lowest BCUT2D eigenvalue weighted by atomic mass is 11.2. The van der Waals surface area contributed by atoms with Gasteiger partial charge in [-0.3, -0.25) is 0 Å². The minimum atomic E-state index is -3.66. The summed E-state index contributed by atoms with van der Waals surface area (Å²) in [6.45, 7) is 0. The maximum atomic E-state index is 10.3. The number of sulfonamides is 1. The van der Waals surface area contributed by atoms with Crippen LogP contribution in [0.15, 0.2) is 15.2 Å². The van der Waals surface area contributed by atoms with Crippen LogP contribution < -0.4 is 5.14 Å². The van der Waals surface area contributed by atoms with E-state index in [1.165, 1.54) is 0 Å². The average Bonchev–Trinajstić information content (AvgIpc) is 2.08. The molecule has 1 heterocycles. The second-order valence-corrected chi connectivity index (χ2v) is 3.01. The maximum Gasteiger partial charge on any atom is 0.276 e. The molecule has 0 spiro atoms. The van der Waals surface area contributed by atoms with E-state index in [1.54, 1.807) is 0 Å². The molecule has 0 aliphatic carbocycles. The van der Waals surface area contributed by atoms with Crippen LogP contribution in [0, 0.1) is 0 Å². The zero-order valence-corrected chi connectivity index (χ0v) is 5.11. The number of azo groups is 1. The molecule has 1 atom stereocenters. The van der Waals surface area contributed by atoms with Crippen LogP contribution in [-0.4, -0.2) is 20.3 Å². The fourth-order valence-corrected chi connectivity index (χ4v) is 0.764. The van der Waals surface area contributed by atoms with Crippen molar-refractivity contribution in [2.75, 3.05) is 0 Å². The molecule has 6 nitrogen and oxygen atoms in total. The van der Waals surface area contributed by atoms with Gasteiger partial charge in [0, 0.05) is 0 Å². The Morgan fingerprint density at radius 2 is 2.22 bits per heavy atom. The van der Waals surface area contributed by atoms with Crippen LogP contribution in [0.4, 0.5) is 0 Å². The summed E-state index contributed by atoms with van der Waals surface area (Å²) >= 11 is 0. The zero-order valence-electron chi connectivity index (χ0n) is 4.30. The summed E-state index contributed by atoms with van der Waals surface area (Å²) in [6, 6.07) is 0. The summed E-state index contributed by atoms with van der Waals surface area (Å²) < 4.78 is 20.7. The first-order valence-corrected chi connectivity index (χ1v) is 3.65. The molecule has 7 heteroatoms. The van der Waals surface area contributed by atoms with Crippen molar-refractivity contribution in [1.82, 2.24) is 0 Å². The lowest BCUT2D eigenvalue weighted by Crippen LogP contribution is -2.23. The van der Waals surface area contributed by atoms with Gasteiger partial charge in [0.1, 0.15) is 6.34 Å². The van der Waals surface area contributed by atoms with Crippen molar-refractivity contribution < 1.29 is 8.42 Å². The van der Waals surface area contributed by atoms with Crippen LogP contribution in [0.5, 0.6) is 0 Å². The number of rotatable bonds is 1. The molecular formula is C2H4N4O2S. The van der Waals surface area contributed by atoms with Crippen molar-refractivity contribution >= 4 is 16.4 Å². The molecular weight excluding hydrogens is 144 g/mol. The van der Waals surface area contributed by atoms with E-state index in [0.29, 0.717) is 0 Å². The van der Waals surface area contributed by atoms with Crippen molar-refractivity contribution in [3.05, 3.63) is 0 Å². The van der Waals surface area contributed by atoms with Gasteiger partial charge in [-0.05, 0) is 0 Å². The largest absolute Gasteiger partial charge is 0.276 e. The SMILES string of the molecule is NS(=O)(=O)[C@H]1N=CN=N1. The highest BCUT2D eigenvalue weighted by molar-refractivity contribution is 7.89. The van der Waals surface area contributed by atoms with Crippen LogP contribution >= 0.6 is 0 Å². The molecule has 0 unspecified atom stereocenters. The molecule has 9 heavy (non-hydrogen) atoms. The molecule has 0 amide bonds. The smallest absolute Gasteiger partial charge is 0.227 e. The Hall–Kier alpha value is -0.820. The molecule has 0 radical (unpaired) electrons. The molecule has 2 N–H and O–H groups in total. The fraction of sp³-hybridized carbons (Fsp3) is 0.500. The maximum absolute atomic E-state index is 10.3. The first-order valence-electron chi connectivity index (χ1n) is 2.04. The highest BCUT2D eigenvalue weighted by Gasteiger charge is 2.20. The lowest BCUT2D eigenvalue weighted by Gasteiger charge is -1.94. The second kappa shape index (κ2) is 1.85. The summed E-state index contributed by atoms with van der Waals surface area (Å²) in [7, 11) is -3.66. The molecule has 0 bridgehead atoms. The normalized spacial score (nSPS) is 25.2. The third kappa shape index (κ3) is 1.30. The molecule has 0 aromatic rings. The van der Waals surface area contributed by atoms with Crippen molar-refractivity contribution in [1.29, 1.82) is 0 Å². The Balaban J connectivity index is 2.90. The van der Waals surface area contributed by atoms with Crippen LogP contribution in [0.2, 0.25) is 0 Å². The van der Waals surface area contributed by atoms with Crippen LogP contribution in [0.3, 0.4) is 0 Å². The molecule has 0 aromatic heterocycles. The quantitative estimate of drug-likeness (QED) is 0.518. The Bertz CT molecular complexity index is 240. The van der Waals surface area contributed by atoms with Gasteiger partial charge in [-0.2, -0.15) is 0 Å². The minimum absolute atomic E-state index is 1.05. The fourth-order valence-electron chi connectivity index (χ4n) is 0.354. The van der Waals surface area contributed by atoms with E-state index in [-0.39, 0.29) is 0 Å². The van der Waals surface area contributed by atoms with Gasteiger partial charge in [0.25, 0.3) is 15.5 Å². The first-order chi connectivity index (χ1) is 4.11. The average molecular weight is 148 g/mol. The summed E-state index contributed by atoms with van der Waals surface area (Å²) in [5.74, 6) is 0. The van der Waals surface area contributed by atoms with Crippen LogP contribution in [0.25, 0.3) is 0 Å². The molecule has 0 saturated carbocycles. The number of nitrogens with zero attached hydrogens (tertiary/aromatic N) is 3. The molecule has 1 aliphatic rings. The Kier molecular flexibility index (Phi) is 1.29. The molecule has 50 valence electrons. The van der Waals surface area contributed by atoms with E-state index in [1.807, 2.05) is 0 Å². The standard InChI is InChI=1S/C2H4N4O2S/c3-9(7,8)2-4-1-5-6-2/h1-2H,(H2,3,7,8)/t2-/m0/s1. The highest BCUT2D eigenvalue weighted by Crippen LogP contribution is 2.03. The van der Waals surface area contributed by atoms with Gasteiger partial charge in [0.05, 0.1) is 0 Å². The number of primary sulfonamides is 1. The van der Waals surface area contributed by atoms with Gasteiger partial charge < -0.3 is 0 Å². The number of hydrogen-bond acceptors (Lipinski definition) is 5.